The van der Waals surface area contributed by atoms with Gasteiger partial charge in [0.1, 0.15) is 39.1 Å². The molecule has 2 aromatic carbocycles. The number of hydrogen-bond donors (Lipinski definition) is 1. The van der Waals surface area contributed by atoms with E-state index < -0.39 is 18.4 Å². The van der Waals surface area contributed by atoms with Crippen molar-refractivity contribution in [2.24, 2.45) is 0 Å². The van der Waals surface area contributed by atoms with Crippen LogP contribution in [0.3, 0.4) is 0 Å². The molecule has 8 rings (SSSR count). The van der Waals surface area contributed by atoms with Gasteiger partial charge in [0, 0.05) is 19.2 Å². The van der Waals surface area contributed by atoms with Crippen molar-refractivity contribution >= 4 is 59.4 Å². The molecule has 0 amide bonds. The van der Waals surface area contributed by atoms with Crippen LogP contribution in [0.5, 0.6) is 11.5 Å². The van der Waals surface area contributed by atoms with E-state index in [4.69, 9.17) is 37.4 Å². The number of fused-ring (bicyclic) bond motifs is 10. The molecule has 0 saturated heterocycles. The molecule has 0 spiro atoms. The molecule has 2 atom stereocenters. The minimum atomic E-state index is -1.05. The number of ether oxygens (including phenoxy) is 3. The number of aromatic nitrogens is 4. The molecule has 0 fully saturated rings. The van der Waals surface area contributed by atoms with Crippen LogP contribution >= 0.6 is 23.2 Å². The van der Waals surface area contributed by atoms with Crippen molar-refractivity contribution in [1.29, 1.82) is 0 Å². The summed E-state index contributed by atoms with van der Waals surface area (Å²) in [5.41, 5.74) is 3.41. The Morgan fingerprint density at radius 1 is 0.872 bits per heavy atom. The van der Waals surface area contributed by atoms with Crippen molar-refractivity contribution in [1.82, 2.24) is 19.1 Å². The monoisotopic (exact) mass is 685 g/mol. The third-order valence-electron chi connectivity index (χ3n) is 7.46. The van der Waals surface area contributed by atoms with E-state index in [1.807, 2.05) is 0 Å². The molecule has 0 bridgehead atoms. The predicted octanol–water partition coefficient (Wildman–Crippen LogP) is 4.06. The molecule has 3 radical (unpaired) electrons. The van der Waals surface area contributed by atoms with Crippen LogP contribution in [0.15, 0.2) is 72.8 Å². The van der Waals surface area contributed by atoms with Crippen LogP contribution in [-0.2, 0) is 9.53 Å². The van der Waals surface area contributed by atoms with E-state index in [1.165, 1.54) is 12.1 Å². The minimum Gasteiger partial charge on any atom is -1.00 e. The van der Waals surface area contributed by atoms with Crippen molar-refractivity contribution in [3.05, 3.63) is 94.7 Å². The van der Waals surface area contributed by atoms with E-state index in [1.54, 1.807) is 76.7 Å². The second-order valence-electron chi connectivity index (χ2n) is 10.1. The van der Waals surface area contributed by atoms with E-state index in [2.05, 4.69) is 9.97 Å². The van der Waals surface area contributed by atoms with Gasteiger partial charge in [0.2, 0.25) is 0 Å². The average Bonchev–Trinajstić information content (AvgIpc) is 3.63. The van der Waals surface area contributed by atoms with Crippen LogP contribution in [-0.4, -0.2) is 51.8 Å². The SMILES string of the molecule is CCOC(=O)C1Oc2ccc(Cl)nc2-c2cc3c(F)cccc3n21.OCC1Oc2ccc(Cl)nc2-c2cc3c(F)cccc3n21.[B].[H-].[Na+]. The van der Waals surface area contributed by atoms with E-state index in [-0.39, 0.29) is 69.4 Å². The smallest absolute Gasteiger partial charge is 1.00 e. The fourth-order valence-corrected chi connectivity index (χ4v) is 5.91. The van der Waals surface area contributed by atoms with Crippen LogP contribution in [0.4, 0.5) is 8.78 Å². The average molecular weight is 686 g/mol. The molecule has 1 N–H and O–H groups in total. The Kier molecular flexibility index (Phi) is 10.2. The number of halogens is 4. The Hall–Kier alpha value is -3.65. The Morgan fingerprint density at radius 3 is 1.91 bits per heavy atom. The van der Waals surface area contributed by atoms with Crippen molar-refractivity contribution < 1.29 is 63.9 Å². The molecule has 2 aliphatic heterocycles. The quantitative estimate of drug-likeness (QED) is 0.170. The Labute approximate surface area is 302 Å². The number of benzene rings is 2. The molecular weight excluding hydrogens is 663 g/mol. The summed E-state index contributed by atoms with van der Waals surface area (Å²) < 4.78 is 48.1. The second-order valence-corrected chi connectivity index (χ2v) is 10.9. The molecule has 6 aromatic rings. The molecule has 47 heavy (non-hydrogen) atoms. The van der Waals surface area contributed by atoms with Gasteiger partial charge in [-0.25, -0.2) is 23.5 Å². The topological polar surface area (TPSA) is 101 Å². The van der Waals surface area contributed by atoms with Crippen molar-refractivity contribution in [3.63, 3.8) is 0 Å². The Morgan fingerprint density at radius 2 is 1.38 bits per heavy atom. The van der Waals surface area contributed by atoms with Crippen molar-refractivity contribution in [2.45, 2.75) is 19.4 Å². The molecule has 2 unspecified atom stereocenters. The summed E-state index contributed by atoms with van der Waals surface area (Å²) in [6.45, 7) is 1.70. The van der Waals surface area contributed by atoms with Gasteiger partial charge >= 0.3 is 35.5 Å². The van der Waals surface area contributed by atoms with Gasteiger partial charge in [-0.15, -0.1) is 0 Å². The maximum atomic E-state index is 14.2. The minimum absolute atomic E-state index is 0. The number of esters is 1. The maximum Gasteiger partial charge on any atom is 1.00 e. The number of hydrogen-bond acceptors (Lipinski definition) is 7. The first-order valence-electron chi connectivity index (χ1n) is 13.8. The van der Waals surface area contributed by atoms with E-state index >= 15 is 0 Å². The third kappa shape index (κ3) is 5.98. The van der Waals surface area contributed by atoms with Gasteiger partial charge in [0.25, 0.3) is 6.23 Å². The van der Waals surface area contributed by atoms with Crippen molar-refractivity contribution in [2.75, 3.05) is 13.2 Å². The van der Waals surface area contributed by atoms with Crippen LogP contribution in [0.2, 0.25) is 10.3 Å². The fraction of sp³-hybridized carbons (Fsp3) is 0.156. The molecule has 15 heteroatoms. The summed E-state index contributed by atoms with van der Waals surface area (Å²) in [6.07, 6.45) is -1.66. The third-order valence-corrected chi connectivity index (χ3v) is 7.88. The number of carbonyl (C=O) groups excluding carboxylic acids is 1. The number of aliphatic hydroxyl groups excluding tert-OH is 1. The van der Waals surface area contributed by atoms with Crippen LogP contribution in [0.25, 0.3) is 44.6 Å². The van der Waals surface area contributed by atoms with Gasteiger partial charge in [-0.05, 0) is 67.6 Å². The molecular formula is C32H23BCl2F2N4NaO5. The number of rotatable bonds is 3. The van der Waals surface area contributed by atoms with E-state index in [9.17, 15) is 18.7 Å². The van der Waals surface area contributed by atoms with Crippen molar-refractivity contribution in [3.8, 4) is 34.3 Å². The Bertz CT molecular complexity index is 2150. The Balaban J connectivity index is 0.000000205. The zero-order valence-corrected chi connectivity index (χ0v) is 28.5. The maximum absolute atomic E-state index is 14.2. The summed E-state index contributed by atoms with van der Waals surface area (Å²) in [7, 11) is 0. The molecule has 2 aliphatic rings. The van der Waals surface area contributed by atoms with Crippen LogP contribution in [0, 0.1) is 11.6 Å². The molecule has 0 aliphatic carbocycles. The number of aliphatic hydroxyl groups is 1. The number of pyridine rings is 2. The van der Waals surface area contributed by atoms with Crippen LogP contribution in [0.1, 0.15) is 20.8 Å². The first-order chi connectivity index (χ1) is 21.8. The summed E-state index contributed by atoms with van der Waals surface area (Å²) in [5, 5.41) is 11.0. The van der Waals surface area contributed by atoms with E-state index in [0.717, 1.165) is 0 Å². The first-order valence-corrected chi connectivity index (χ1v) is 14.6. The van der Waals surface area contributed by atoms with Gasteiger partial charge < -0.3 is 25.3 Å². The molecule has 6 heterocycles. The molecule has 4 aromatic heterocycles. The zero-order valence-electron chi connectivity index (χ0n) is 26.0. The molecule has 233 valence electrons. The predicted molar refractivity (Wildman–Crippen MR) is 170 cm³/mol. The van der Waals surface area contributed by atoms with Gasteiger partial charge in [-0.2, -0.15) is 0 Å². The van der Waals surface area contributed by atoms with Crippen LogP contribution < -0.4 is 39.0 Å². The fourth-order valence-electron chi connectivity index (χ4n) is 5.62. The molecule has 9 nitrogen and oxygen atoms in total. The van der Waals surface area contributed by atoms with Gasteiger partial charge in [0.05, 0.1) is 35.6 Å². The summed E-state index contributed by atoms with van der Waals surface area (Å²) >= 11 is 11.9. The molecule has 0 saturated carbocycles. The standard InChI is InChI=1S/C17H12ClFN2O3.C15H10ClFN2O2.B.Na.H/c1-2-23-17(22)16-21-11-5-3-4-10(19)9(11)8-12(21)15-13(24-16)6-7-14(18)20-15;16-13-5-4-12-15(18-13)11-6-8-9(17)2-1-3-10(8)19(11)14(7-20)21-12;;;/h3-8,16H,2H2,1H3;1-6,14,20H,7H2;;;/q;;;+1;-1. The summed E-state index contributed by atoms with van der Waals surface area (Å²) in [4.78, 5) is 20.9. The summed E-state index contributed by atoms with van der Waals surface area (Å²) in [6, 6.07) is 19.3. The van der Waals surface area contributed by atoms with E-state index in [0.29, 0.717) is 61.2 Å². The van der Waals surface area contributed by atoms with Gasteiger partial charge in [-0.3, -0.25) is 4.57 Å². The van der Waals surface area contributed by atoms with Gasteiger partial charge in [0.15, 0.2) is 12.0 Å². The largest absolute Gasteiger partial charge is 1.00 e. The van der Waals surface area contributed by atoms with Gasteiger partial charge in [-0.1, -0.05) is 35.3 Å². The first kappa shape index (κ1) is 34.7. The normalized spacial score (nSPS) is 15.3. The summed E-state index contributed by atoms with van der Waals surface area (Å²) in [5.74, 6) is -0.348. The number of nitrogens with zero attached hydrogens (tertiary/aromatic N) is 4. The number of carbonyl (C=O) groups is 1. The zero-order chi connectivity index (χ0) is 31.4. The second kappa shape index (κ2) is 13.8.